The van der Waals surface area contributed by atoms with E-state index in [1.165, 1.54) is 6.26 Å². The summed E-state index contributed by atoms with van der Waals surface area (Å²) in [5.74, 6) is 0.386. The second-order valence-corrected chi connectivity index (χ2v) is 2.36. The molecule has 2 nitrogen and oxygen atoms in total. The predicted octanol–water partition coefficient (Wildman–Crippen LogP) is 2.18. The lowest BCUT2D eigenvalue weighted by Crippen LogP contribution is -1.73. The van der Waals surface area contributed by atoms with Gasteiger partial charge < -0.3 is 4.52 Å². The van der Waals surface area contributed by atoms with E-state index in [4.69, 9.17) is 11.6 Å². The van der Waals surface area contributed by atoms with Crippen LogP contribution in [0.25, 0.3) is 0 Å². The summed E-state index contributed by atoms with van der Waals surface area (Å²) in [7, 11) is 0. The molecule has 0 spiro atoms. The van der Waals surface area contributed by atoms with Crippen molar-refractivity contribution < 1.29 is 4.52 Å². The van der Waals surface area contributed by atoms with Crippen molar-refractivity contribution >= 4 is 27.5 Å². The molecule has 0 atom stereocenters. The molecule has 44 valence electrons. The Hall–Kier alpha value is -0.0200. The van der Waals surface area contributed by atoms with E-state index in [9.17, 15) is 0 Å². The molecule has 0 saturated carbocycles. The summed E-state index contributed by atoms with van der Waals surface area (Å²) in [6, 6.07) is 0. The van der Waals surface area contributed by atoms with Gasteiger partial charge in [0, 0.05) is 0 Å². The number of nitrogens with zero attached hydrogens (tertiary/aromatic N) is 1. The largest absolute Gasteiger partial charge is 0.363 e. The first-order chi connectivity index (χ1) is 3.84. The third kappa shape index (κ3) is 1.03. The summed E-state index contributed by atoms with van der Waals surface area (Å²) in [4.78, 5) is 0. The highest BCUT2D eigenvalue weighted by Crippen LogP contribution is 2.15. The van der Waals surface area contributed by atoms with Crippen LogP contribution in [0.5, 0.6) is 0 Å². The van der Waals surface area contributed by atoms with Crippen molar-refractivity contribution in [1.29, 1.82) is 0 Å². The quantitative estimate of drug-likeness (QED) is 0.644. The van der Waals surface area contributed by atoms with Gasteiger partial charge in [-0.25, -0.2) is 0 Å². The van der Waals surface area contributed by atoms with Gasteiger partial charge in [0.25, 0.3) is 0 Å². The summed E-state index contributed by atoms with van der Waals surface area (Å²) < 4.78 is 5.38. The molecule has 0 aliphatic heterocycles. The van der Waals surface area contributed by atoms with E-state index in [2.05, 4.69) is 25.6 Å². The Balaban J connectivity index is 2.92. The second kappa shape index (κ2) is 2.51. The molecule has 4 heteroatoms. The summed E-state index contributed by atoms with van der Waals surface area (Å²) in [5, 5.41) is 3.58. The molecule has 1 heterocycles. The van der Waals surface area contributed by atoms with Crippen molar-refractivity contribution in [2.75, 3.05) is 0 Å². The number of aromatic nitrogens is 1. The number of alkyl halides is 1. The first-order valence-electron chi connectivity index (χ1n) is 1.99. The normalized spacial score (nSPS) is 9.75. The lowest BCUT2D eigenvalue weighted by molar-refractivity contribution is 0.414. The van der Waals surface area contributed by atoms with Crippen molar-refractivity contribution in [2.45, 2.75) is 5.88 Å². The molecular formula is C4H3BrClNO. The lowest BCUT2D eigenvalue weighted by Gasteiger charge is -1.79. The molecule has 0 bridgehead atoms. The van der Waals surface area contributed by atoms with Crippen molar-refractivity contribution in [3.05, 3.63) is 16.4 Å². The fourth-order valence-electron chi connectivity index (χ4n) is 0.336. The molecule has 0 radical (unpaired) electrons. The second-order valence-electron chi connectivity index (χ2n) is 1.24. The van der Waals surface area contributed by atoms with E-state index >= 15 is 0 Å². The van der Waals surface area contributed by atoms with Crippen molar-refractivity contribution in [3.8, 4) is 0 Å². The lowest BCUT2D eigenvalue weighted by atomic mass is 10.5. The average molecular weight is 196 g/mol. The topological polar surface area (TPSA) is 26.0 Å². The molecule has 0 fully saturated rings. The first-order valence-corrected chi connectivity index (χ1v) is 3.32. The van der Waals surface area contributed by atoms with E-state index in [0.29, 0.717) is 5.88 Å². The minimum atomic E-state index is 0.386. The van der Waals surface area contributed by atoms with Crippen molar-refractivity contribution in [1.82, 2.24) is 5.16 Å². The molecular weight excluding hydrogens is 193 g/mol. The number of halogens is 2. The summed E-state index contributed by atoms with van der Waals surface area (Å²) in [6.45, 7) is 0. The Labute approximate surface area is 59.9 Å². The Morgan fingerprint density at radius 1 is 1.88 bits per heavy atom. The highest BCUT2D eigenvalue weighted by Gasteiger charge is 1.99. The highest BCUT2D eigenvalue weighted by molar-refractivity contribution is 9.10. The number of hydrogen-bond donors (Lipinski definition) is 0. The van der Waals surface area contributed by atoms with Gasteiger partial charge in [0.2, 0.25) is 0 Å². The number of rotatable bonds is 1. The average Bonchev–Trinajstić information content (AvgIpc) is 2.14. The molecule has 0 aliphatic carbocycles. The van der Waals surface area contributed by atoms with Crippen LogP contribution in [0.1, 0.15) is 5.69 Å². The van der Waals surface area contributed by atoms with Gasteiger partial charge in [0.05, 0.1) is 10.4 Å². The Morgan fingerprint density at radius 2 is 2.62 bits per heavy atom. The van der Waals surface area contributed by atoms with E-state index in [0.717, 1.165) is 10.2 Å². The van der Waals surface area contributed by atoms with Crippen LogP contribution in [0.3, 0.4) is 0 Å². The zero-order valence-electron chi connectivity index (χ0n) is 3.90. The van der Waals surface area contributed by atoms with Crippen LogP contribution in [-0.4, -0.2) is 5.16 Å². The molecule has 1 aromatic rings. The van der Waals surface area contributed by atoms with Gasteiger partial charge in [-0.1, -0.05) is 5.16 Å². The van der Waals surface area contributed by atoms with Gasteiger partial charge in [-0.15, -0.1) is 11.6 Å². The predicted molar refractivity (Wildman–Crippen MR) is 33.8 cm³/mol. The van der Waals surface area contributed by atoms with Crippen LogP contribution in [0.2, 0.25) is 0 Å². The SMILES string of the molecule is ClCc1nocc1Br. The van der Waals surface area contributed by atoms with E-state index in [-0.39, 0.29) is 0 Å². The molecule has 1 rings (SSSR count). The molecule has 0 aliphatic rings. The number of hydrogen-bond acceptors (Lipinski definition) is 2. The van der Waals surface area contributed by atoms with Crippen LogP contribution < -0.4 is 0 Å². The van der Waals surface area contributed by atoms with Crippen LogP contribution in [0.15, 0.2) is 15.3 Å². The maximum atomic E-state index is 5.42. The Morgan fingerprint density at radius 3 is 2.88 bits per heavy atom. The standard InChI is InChI=1S/C4H3BrClNO/c5-3-2-8-7-4(3)1-6/h2H,1H2. The molecule has 8 heavy (non-hydrogen) atoms. The smallest absolute Gasteiger partial charge is 0.138 e. The van der Waals surface area contributed by atoms with Gasteiger partial charge in [-0.05, 0) is 15.9 Å². The van der Waals surface area contributed by atoms with E-state index in [1.807, 2.05) is 0 Å². The third-order valence-electron chi connectivity index (χ3n) is 0.721. The van der Waals surface area contributed by atoms with Crippen LogP contribution >= 0.6 is 27.5 Å². The molecule has 0 aromatic carbocycles. The fourth-order valence-corrected chi connectivity index (χ4v) is 0.986. The molecule has 0 unspecified atom stereocenters. The molecule has 1 aromatic heterocycles. The zero-order chi connectivity index (χ0) is 5.98. The summed E-state index contributed by atoms with van der Waals surface area (Å²) in [6.07, 6.45) is 1.50. The van der Waals surface area contributed by atoms with Crippen molar-refractivity contribution in [3.63, 3.8) is 0 Å². The maximum Gasteiger partial charge on any atom is 0.138 e. The van der Waals surface area contributed by atoms with Crippen molar-refractivity contribution in [2.24, 2.45) is 0 Å². The minimum Gasteiger partial charge on any atom is -0.363 e. The Kier molecular flexibility index (Phi) is 1.91. The van der Waals surface area contributed by atoms with E-state index < -0.39 is 0 Å². The highest BCUT2D eigenvalue weighted by atomic mass is 79.9. The van der Waals surface area contributed by atoms with Crippen LogP contribution in [0, 0.1) is 0 Å². The van der Waals surface area contributed by atoms with Gasteiger partial charge >= 0.3 is 0 Å². The fraction of sp³-hybridized carbons (Fsp3) is 0.250. The molecule has 0 amide bonds. The van der Waals surface area contributed by atoms with Gasteiger partial charge in [0.15, 0.2) is 0 Å². The third-order valence-corrected chi connectivity index (χ3v) is 1.62. The molecule has 0 saturated heterocycles. The first kappa shape index (κ1) is 6.11. The minimum absolute atomic E-state index is 0.386. The van der Waals surface area contributed by atoms with Crippen LogP contribution in [0.4, 0.5) is 0 Å². The van der Waals surface area contributed by atoms with Gasteiger partial charge in [-0.2, -0.15) is 0 Å². The zero-order valence-corrected chi connectivity index (χ0v) is 6.24. The molecule has 0 N–H and O–H groups in total. The van der Waals surface area contributed by atoms with Gasteiger partial charge in [-0.3, -0.25) is 0 Å². The van der Waals surface area contributed by atoms with Crippen LogP contribution in [-0.2, 0) is 5.88 Å². The summed E-state index contributed by atoms with van der Waals surface area (Å²) in [5.41, 5.74) is 0.742. The maximum absolute atomic E-state index is 5.42. The Bertz CT molecular complexity index is 176. The monoisotopic (exact) mass is 195 g/mol. The van der Waals surface area contributed by atoms with E-state index in [1.54, 1.807) is 0 Å². The summed E-state index contributed by atoms with van der Waals surface area (Å²) >= 11 is 8.61. The van der Waals surface area contributed by atoms with Gasteiger partial charge in [0.1, 0.15) is 12.0 Å².